The summed E-state index contributed by atoms with van der Waals surface area (Å²) < 4.78 is 32.0. The molecule has 6 heteroatoms. The summed E-state index contributed by atoms with van der Waals surface area (Å²) in [5.74, 6) is -0.850. The molecular weight excluding hydrogens is 407 g/mol. The zero-order chi connectivity index (χ0) is 20.5. The molecule has 0 spiro atoms. The van der Waals surface area contributed by atoms with E-state index in [4.69, 9.17) is 25.5 Å². The van der Waals surface area contributed by atoms with E-state index in [0.717, 1.165) is 5.56 Å². The first-order valence-electron chi connectivity index (χ1n) is 9.53. The van der Waals surface area contributed by atoms with Gasteiger partial charge in [0.15, 0.2) is 0 Å². The minimum Gasteiger partial charge on any atom is -0.448 e. The largest absolute Gasteiger partial charge is 0.448 e. The predicted octanol–water partition coefficient (Wildman–Crippen LogP) is 5.75. The van der Waals surface area contributed by atoms with Crippen LogP contribution in [0.15, 0.2) is 75.9 Å². The van der Waals surface area contributed by atoms with E-state index in [1.807, 2.05) is 24.3 Å². The van der Waals surface area contributed by atoms with E-state index >= 15 is 0 Å². The second-order valence-electron chi connectivity index (χ2n) is 7.53. The number of rotatable bonds is 1. The van der Waals surface area contributed by atoms with Crippen molar-refractivity contribution in [3.63, 3.8) is 0 Å². The molecule has 4 aromatic rings. The molecule has 3 aromatic carbocycles. The lowest BCUT2D eigenvalue weighted by atomic mass is 9.78. The number of fused-ring (bicyclic) bond motifs is 8. The maximum Gasteiger partial charge on any atom is 0.343 e. The normalized spacial score (nSPS) is 21.3. The third-order valence-corrected chi connectivity index (χ3v) is 6.03. The van der Waals surface area contributed by atoms with Crippen molar-refractivity contribution in [3.05, 3.63) is 105 Å². The highest BCUT2D eigenvalue weighted by molar-refractivity contribution is 6.31. The van der Waals surface area contributed by atoms with Crippen LogP contribution in [0.2, 0.25) is 5.02 Å². The van der Waals surface area contributed by atoms with Gasteiger partial charge in [0, 0.05) is 28.5 Å². The molecule has 3 heterocycles. The molecule has 0 N–H and O–H groups in total. The smallest absolute Gasteiger partial charge is 0.343 e. The van der Waals surface area contributed by atoms with E-state index in [2.05, 4.69) is 0 Å². The zero-order valence-corrected chi connectivity index (χ0v) is 16.3. The van der Waals surface area contributed by atoms with Gasteiger partial charge in [-0.15, -0.1) is 0 Å². The molecule has 0 fully saturated rings. The van der Waals surface area contributed by atoms with Crippen LogP contribution in [0.1, 0.15) is 29.0 Å². The molecule has 2 unspecified atom stereocenters. The number of para-hydroxylation sites is 1. The predicted molar refractivity (Wildman–Crippen MR) is 110 cm³/mol. The molecule has 1 aromatic heterocycles. The van der Waals surface area contributed by atoms with E-state index in [-0.39, 0.29) is 11.7 Å². The Morgan fingerprint density at radius 2 is 1.80 bits per heavy atom. The van der Waals surface area contributed by atoms with Crippen molar-refractivity contribution in [3.8, 4) is 11.5 Å². The summed E-state index contributed by atoms with van der Waals surface area (Å²) in [7, 11) is 0. The summed E-state index contributed by atoms with van der Waals surface area (Å²) in [5.41, 5.74) is 1.92. The van der Waals surface area contributed by atoms with Crippen molar-refractivity contribution in [2.45, 2.75) is 18.1 Å². The van der Waals surface area contributed by atoms with Crippen molar-refractivity contribution in [1.29, 1.82) is 0 Å². The van der Waals surface area contributed by atoms with Crippen LogP contribution in [0, 0.1) is 5.82 Å². The highest BCUT2D eigenvalue weighted by atomic mass is 35.5. The molecule has 6 rings (SSSR count). The van der Waals surface area contributed by atoms with Gasteiger partial charge in [-0.05, 0) is 48.5 Å². The van der Waals surface area contributed by atoms with Gasteiger partial charge in [-0.25, -0.2) is 9.18 Å². The minimum atomic E-state index is -1.21. The Morgan fingerprint density at radius 1 is 1.00 bits per heavy atom. The number of ether oxygens (including phenoxy) is 2. The van der Waals surface area contributed by atoms with E-state index < -0.39 is 11.4 Å². The summed E-state index contributed by atoms with van der Waals surface area (Å²) in [6, 6.07) is 18.6. The second-order valence-corrected chi connectivity index (χ2v) is 7.97. The van der Waals surface area contributed by atoms with E-state index in [1.165, 1.54) is 12.1 Å². The van der Waals surface area contributed by atoms with Gasteiger partial charge < -0.3 is 13.9 Å². The van der Waals surface area contributed by atoms with Gasteiger partial charge in [0.2, 0.25) is 0 Å². The average molecular weight is 421 g/mol. The second kappa shape index (κ2) is 6.09. The lowest BCUT2D eigenvalue weighted by molar-refractivity contribution is -0.148. The van der Waals surface area contributed by atoms with Crippen LogP contribution >= 0.6 is 11.6 Å². The van der Waals surface area contributed by atoms with Gasteiger partial charge in [0.1, 0.15) is 22.9 Å². The van der Waals surface area contributed by atoms with Gasteiger partial charge in [-0.3, -0.25) is 0 Å². The van der Waals surface area contributed by atoms with Gasteiger partial charge in [0.25, 0.3) is 5.79 Å². The first-order chi connectivity index (χ1) is 14.5. The number of hydrogen-bond acceptors (Lipinski definition) is 4. The summed E-state index contributed by atoms with van der Waals surface area (Å²) >= 11 is 6.22. The maximum absolute atomic E-state index is 13.6. The Morgan fingerprint density at radius 3 is 2.63 bits per heavy atom. The molecule has 0 aliphatic carbocycles. The SMILES string of the molecule is O=c1oc2ccc(Cl)cc2c2c1C1CC(c3ccc(F)cc3)(Oc3ccccc31)O2. The first kappa shape index (κ1) is 17.5. The van der Waals surface area contributed by atoms with Gasteiger partial charge in [-0.2, -0.15) is 0 Å². The molecule has 148 valence electrons. The fourth-order valence-corrected chi connectivity index (χ4v) is 4.63. The van der Waals surface area contributed by atoms with E-state index in [1.54, 1.807) is 30.3 Å². The van der Waals surface area contributed by atoms with Crippen LogP contribution < -0.4 is 15.1 Å². The Hall–Kier alpha value is -3.31. The molecule has 4 nitrogen and oxygen atoms in total. The molecule has 2 atom stereocenters. The zero-order valence-electron chi connectivity index (χ0n) is 15.5. The van der Waals surface area contributed by atoms with Crippen molar-refractivity contribution in [1.82, 2.24) is 0 Å². The lowest BCUT2D eigenvalue weighted by Gasteiger charge is -2.46. The van der Waals surface area contributed by atoms with Gasteiger partial charge in [0.05, 0.1) is 10.9 Å². The molecule has 2 aliphatic heterocycles. The highest BCUT2D eigenvalue weighted by Gasteiger charge is 2.51. The van der Waals surface area contributed by atoms with Crippen LogP contribution in [-0.4, -0.2) is 0 Å². The molecule has 0 radical (unpaired) electrons. The Bertz CT molecular complexity index is 1380. The molecule has 2 bridgehead atoms. The molecule has 30 heavy (non-hydrogen) atoms. The molecule has 0 saturated heterocycles. The van der Waals surface area contributed by atoms with Crippen LogP contribution in [0.5, 0.6) is 11.5 Å². The molecule has 0 saturated carbocycles. The summed E-state index contributed by atoms with van der Waals surface area (Å²) in [6.45, 7) is 0. The molecule has 2 aliphatic rings. The van der Waals surface area contributed by atoms with Crippen LogP contribution in [0.25, 0.3) is 11.0 Å². The summed E-state index contributed by atoms with van der Waals surface area (Å²) in [4.78, 5) is 13.0. The molecule has 0 amide bonds. The summed E-state index contributed by atoms with van der Waals surface area (Å²) in [5, 5.41) is 1.09. The molecular formula is C24H14ClFO4. The van der Waals surface area contributed by atoms with Gasteiger partial charge in [-0.1, -0.05) is 29.8 Å². The Kier molecular flexibility index (Phi) is 3.56. The fourth-order valence-electron chi connectivity index (χ4n) is 4.46. The van der Waals surface area contributed by atoms with E-state index in [0.29, 0.717) is 45.0 Å². The Labute approximate surface area is 175 Å². The fraction of sp³-hybridized carbons (Fsp3) is 0.125. The number of halogens is 2. The van der Waals surface area contributed by atoms with Crippen molar-refractivity contribution < 1.29 is 18.3 Å². The monoisotopic (exact) mass is 420 g/mol. The maximum atomic E-state index is 13.6. The first-order valence-corrected chi connectivity index (χ1v) is 9.91. The van der Waals surface area contributed by atoms with Crippen molar-refractivity contribution in [2.24, 2.45) is 0 Å². The quantitative estimate of drug-likeness (QED) is 0.368. The van der Waals surface area contributed by atoms with Gasteiger partial charge >= 0.3 is 5.63 Å². The minimum absolute atomic E-state index is 0.302. The van der Waals surface area contributed by atoms with Crippen LogP contribution in [0.4, 0.5) is 4.39 Å². The van der Waals surface area contributed by atoms with Crippen LogP contribution in [0.3, 0.4) is 0 Å². The third kappa shape index (κ3) is 2.42. The number of benzene rings is 3. The lowest BCUT2D eigenvalue weighted by Crippen LogP contribution is -2.48. The van der Waals surface area contributed by atoms with E-state index in [9.17, 15) is 9.18 Å². The topological polar surface area (TPSA) is 48.7 Å². The Balaban J connectivity index is 1.69. The third-order valence-electron chi connectivity index (χ3n) is 5.79. The highest BCUT2D eigenvalue weighted by Crippen LogP contribution is 2.55. The summed E-state index contributed by atoms with van der Waals surface area (Å²) in [6.07, 6.45) is 0.361. The van der Waals surface area contributed by atoms with Crippen LogP contribution in [-0.2, 0) is 5.79 Å². The van der Waals surface area contributed by atoms with Crippen molar-refractivity contribution in [2.75, 3.05) is 0 Å². The standard InChI is InChI=1S/C24H14ClFO4/c25-14-7-10-19-17(11-14)22-21(23(27)28-19)18-12-24(30-22,13-5-8-15(26)9-6-13)29-20-4-2-1-3-16(18)20/h1-11,18H,12H2. The number of hydrogen-bond donors (Lipinski definition) is 0. The van der Waals surface area contributed by atoms with Crippen molar-refractivity contribution >= 4 is 22.6 Å². The average Bonchev–Trinajstić information content (AvgIpc) is 2.74.